The molecule has 2 heteroatoms. The number of nitrogens with one attached hydrogen (secondary N) is 1. The molecule has 2 aromatic rings. The van der Waals surface area contributed by atoms with Crippen molar-refractivity contribution in [3.05, 3.63) is 71.8 Å². The van der Waals surface area contributed by atoms with Gasteiger partial charge in [0, 0.05) is 19.8 Å². The van der Waals surface area contributed by atoms with E-state index in [9.17, 15) is 0 Å². The van der Waals surface area contributed by atoms with Gasteiger partial charge in [0.2, 0.25) is 0 Å². The molecule has 1 N–H and O–H groups in total. The van der Waals surface area contributed by atoms with Gasteiger partial charge in [0.15, 0.2) is 0 Å². The molecule has 0 saturated carbocycles. The zero-order valence-electron chi connectivity index (χ0n) is 15.5. The largest absolute Gasteiger partial charge is 0.381 e. The van der Waals surface area contributed by atoms with Gasteiger partial charge < -0.3 is 10.1 Å². The Morgan fingerprint density at radius 1 is 0.600 bits per heavy atom. The van der Waals surface area contributed by atoms with Gasteiger partial charge in [-0.1, -0.05) is 73.5 Å². The molecule has 0 aromatic heterocycles. The van der Waals surface area contributed by atoms with E-state index >= 15 is 0 Å². The van der Waals surface area contributed by atoms with E-state index in [1.54, 1.807) is 0 Å². The van der Waals surface area contributed by atoms with E-state index in [0.29, 0.717) is 0 Å². The Kier molecular flexibility index (Phi) is 10.7. The fraction of sp³-hybridized carbons (Fsp3) is 0.478. The summed E-state index contributed by atoms with van der Waals surface area (Å²) >= 11 is 0. The van der Waals surface area contributed by atoms with Crippen LogP contribution < -0.4 is 5.32 Å². The summed E-state index contributed by atoms with van der Waals surface area (Å²) in [6.07, 6.45) is 8.56. The van der Waals surface area contributed by atoms with Crippen LogP contribution in [0.1, 0.15) is 49.7 Å². The Hall–Kier alpha value is -1.64. The van der Waals surface area contributed by atoms with Gasteiger partial charge in [-0.2, -0.15) is 0 Å². The van der Waals surface area contributed by atoms with E-state index in [4.69, 9.17) is 4.74 Å². The minimum absolute atomic E-state index is 0.908. The van der Waals surface area contributed by atoms with Gasteiger partial charge in [-0.3, -0.25) is 0 Å². The third-order valence-electron chi connectivity index (χ3n) is 4.41. The van der Waals surface area contributed by atoms with Crippen LogP contribution in [0.3, 0.4) is 0 Å². The highest BCUT2D eigenvalue weighted by molar-refractivity contribution is 5.15. The number of unbranched alkanes of at least 4 members (excludes halogenated alkanes) is 4. The first-order chi connectivity index (χ1) is 12.4. The summed E-state index contributed by atoms with van der Waals surface area (Å²) in [5, 5.41) is 3.51. The minimum Gasteiger partial charge on any atom is -0.381 e. The lowest BCUT2D eigenvalue weighted by Crippen LogP contribution is -2.14. The summed E-state index contributed by atoms with van der Waals surface area (Å²) in [5.74, 6) is 0. The van der Waals surface area contributed by atoms with Crippen LogP contribution in [-0.2, 0) is 17.7 Å². The Bertz CT molecular complexity index is 477. The van der Waals surface area contributed by atoms with Crippen molar-refractivity contribution in [1.29, 1.82) is 0 Å². The monoisotopic (exact) mass is 339 g/mol. The van der Waals surface area contributed by atoms with Crippen LogP contribution in [0.15, 0.2) is 60.7 Å². The molecule has 136 valence electrons. The molecular weight excluding hydrogens is 306 g/mol. The third kappa shape index (κ3) is 10.1. The summed E-state index contributed by atoms with van der Waals surface area (Å²) in [7, 11) is 0. The number of hydrogen-bond donors (Lipinski definition) is 1. The van der Waals surface area contributed by atoms with Crippen LogP contribution in [-0.4, -0.2) is 19.8 Å². The van der Waals surface area contributed by atoms with E-state index in [-0.39, 0.29) is 0 Å². The molecule has 0 spiro atoms. The molecule has 2 rings (SSSR count). The van der Waals surface area contributed by atoms with Gasteiger partial charge in [-0.25, -0.2) is 0 Å². The SMILES string of the molecule is c1ccc(CCCCOCCCCCCNCc2ccccc2)cc1. The molecular formula is C23H33NO. The lowest BCUT2D eigenvalue weighted by Gasteiger charge is -2.06. The molecule has 0 unspecified atom stereocenters. The fourth-order valence-electron chi connectivity index (χ4n) is 2.92. The van der Waals surface area contributed by atoms with Crippen molar-refractivity contribution in [2.24, 2.45) is 0 Å². The number of benzene rings is 2. The molecule has 0 radical (unpaired) electrons. The maximum Gasteiger partial charge on any atom is 0.0466 e. The summed E-state index contributed by atoms with van der Waals surface area (Å²) in [5.41, 5.74) is 2.80. The molecule has 0 atom stereocenters. The molecule has 25 heavy (non-hydrogen) atoms. The van der Waals surface area contributed by atoms with Gasteiger partial charge in [0.1, 0.15) is 0 Å². The van der Waals surface area contributed by atoms with E-state index < -0.39 is 0 Å². The standard InChI is InChI=1S/C23H33NO/c1(10-18-24-21-23-16-7-4-8-17-23)2-11-19-25-20-12-9-15-22-13-5-3-6-14-22/h3-8,13-14,16-17,24H,1-2,9-12,15,18-21H2. The topological polar surface area (TPSA) is 21.3 Å². The second kappa shape index (κ2) is 13.6. The number of ether oxygens (including phenoxy) is 1. The van der Waals surface area contributed by atoms with Gasteiger partial charge >= 0.3 is 0 Å². The van der Waals surface area contributed by atoms with Crippen molar-refractivity contribution in [1.82, 2.24) is 5.32 Å². The van der Waals surface area contributed by atoms with Crippen LogP contribution >= 0.6 is 0 Å². The Morgan fingerprint density at radius 3 is 1.92 bits per heavy atom. The molecule has 0 amide bonds. The summed E-state index contributed by atoms with van der Waals surface area (Å²) < 4.78 is 5.74. The highest BCUT2D eigenvalue weighted by Crippen LogP contribution is 2.05. The van der Waals surface area contributed by atoms with E-state index in [0.717, 1.165) is 32.7 Å². The minimum atomic E-state index is 0.908. The van der Waals surface area contributed by atoms with Gasteiger partial charge in [0.05, 0.1) is 0 Å². The smallest absolute Gasteiger partial charge is 0.0466 e. The number of hydrogen-bond acceptors (Lipinski definition) is 2. The normalized spacial score (nSPS) is 10.9. The second-order valence-corrected chi connectivity index (χ2v) is 6.63. The molecule has 2 nitrogen and oxygen atoms in total. The maximum absolute atomic E-state index is 5.74. The van der Waals surface area contributed by atoms with Crippen molar-refractivity contribution in [2.75, 3.05) is 19.8 Å². The molecule has 0 saturated heterocycles. The Balaban J connectivity index is 1.30. The average molecular weight is 340 g/mol. The predicted octanol–water partition coefficient (Wildman–Crippen LogP) is 5.38. The lowest BCUT2D eigenvalue weighted by molar-refractivity contribution is 0.126. The number of rotatable bonds is 14. The first-order valence-corrected chi connectivity index (χ1v) is 9.81. The molecule has 0 heterocycles. The van der Waals surface area contributed by atoms with Gasteiger partial charge in [-0.15, -0.1) is 0 Å². The molecule has 0 aliphatic heterocycles. The van der Waals surface area contributed by atoms with Crippen LogP contribution in [0.4, 0.5) is 0 Å². The third-order valence-corrected chi connectivity index (χ3v) is 4.41. The number of aryl methyl sites for hydroxylation is 1. The van der Waals surface area contributed by atoms with Crippen LogP contribution in [0, 0.1) is 0 Å². The van der Waals surface area contributed by atoms with E-state index in [1.165, 1.54) is 49.7 Å². The molecule has 0 bridgehead atoms. The highest BCUT2D eigenvalue weighted by Gasteiger charge is 1.95. The van der Waals surface area contributed by atoms with Gasteiger partial charge in [-0.05, 0) is 49.8 Å². The van der Waals surface area contributed by atoms with Crippen molar-refractivity contribution in [3.63, 3.8) is 0 Å². The molecule has 0 fully saturated rings. The summed E-state index contributed by atoms with van der Waals surface area (Å²) in [4.78, 5) is 0. The fourth-order valence-corrected chi connectivity index (χ4v) is 2.92. The summed E-state index contributed by atoms with van der Waals surface area (Å²) in [6.45, 7) is 3.91. The maximum atomic E-state index is 5.74. The van der Waals surface area contributed by atoms with Crippen molar-refractivity contribution in [3.8, 4) is 0 Å². The first-order valence-electron chi connectivity index (χ1n) is 9.81. The molecule has 2 aromatic carbocycles. The first kappa shape index (κ1) is 19.7. The predicted molar refractivity (Wildman–Crippen MR) is 107 cm³/mol. The van der Waals surface area contributed by atoms with Crippen molar-refractivity contribution >= 4 is 0 Å². The second-order valence-electron chi connectivity index (χ2n) is 6.63. The van der Waals surface area contributed by atoms with Gasteiger partial charge in [0.25, 0.3) is 0 Å². The summed E-state index contributed by atoms with van der Waals surface area (Å²) in [6, 6.07) is 21.3. The lowest BCUT2D eigenvalue weighted by atomic mass is 10.1. The quantitative estimate of drug-likeness (QED) is 0.467. The van der Waals surface area contributed by atoms with Crippen molar-refractivity contribution < 1.29 is 4.74 Å². The molecule has 0 aliphatic rings. The van der Waals surface area contributed by atoms with E-state index in [2.05, 4.69) is 66.0 Å². The zero-order valence-corrected chi connectivity index (χ0v) is 15.5. The Labute approximate surface area is 153 Å². The Morgan fingerprint density at radius 2 is 1.20 bits per heavy atom. The van der Waals surface area contributed by atoms with E-state index in [1.807, 2.05) is 0 Å². The van der Waals surface area contributed by atoms with Crippen LogP contribution in [0.2, 0.25) is 0 Å². The van der Waals surface area contributed by atoms with Crippen molar-refractivity contribution in [2.45, 2.75) is 51.5 Å². The van der Waals surface area contributed by atoms with Crippen LogP contribution in [0.5, 0.6) is 0 Å². The average Bonchev–Trinajstić information content (AvgIpc) is 2.67. The molecule has 0 aliphatic carbocycles. The van der Waals surface area contributed by atoms with Crippen LogP contribution in [0.25, 0.3) is 0 Å². The highest BCUT2D eigenvalue weighted by atomic mass is 16.5. The zero-order chi connectivity index (χ0) is 17.4.